The molecule has 1 aromatic rings. The standard InChI is InChI=1S/C30H48N4O5/c1-7-8-18-34(28(37)24(16-17-25(31)35)33-29(38)39-30(4,5)6)26(23-19-20(2)14-15-21(23)3)27(36)32-22-12-10-9-11-13-22/h14-15,19,22,24,26H,7-13,16-18H2,1-6H3,(H2,31,35)(H,32,36)(H,33,38). The molecule has 4 N–H and O–H groups in total. The molecule has 2 atom stereocenters. The molecule has 9 heteroatoms. The number of nitrogens with zero attached hydrogens (tertiary/aromatic N) is 1. The maximum absolute atomic E-state index is 14.2. The monoisotopic (exact) mass is 544 g/mol. The molecular formula is C30H48N4O5. The molecule has 1 aliphatic carbocycles. The van der Waals surface area contributed by atoms with Crippen molar-refractivity contribution in [2.75, 3.05) is 6.54 Å². The van der Waals surface area contributed by atoms with E-state index in [0.29, 0.717) is 13.0 Å². The lowest BCUT2D eigenvalue weighted by Crippen LogP contribution is -2.54. The molecule has 218 valence electrons. The summed E-state index contributed by atoms with van der Waals surface area (Å²) in [6.07, 6.45) is 5.71. The van der Waals surface area contributed by atoms with Gasteiger partial charge in [-0.2, -0.15) is 0 Å². The molecule has 0 spiro atoms. The number of rotatable bonds is 12. The van der Waals surface area contributed by atoms with E-state index in [2.05, 4.69) is 10.6 Å². The van der Waals surface area contributed by atoms with Crippen molar-refractivity contribution in [3.63, 3.8) is 0 Å². The Morgan fingerprint density at radius 3 is 2.36 bits per heavy atom. The fourth-order valence-electron chi connectivity index (χ4n) is 4.92. The van der Waals surface area contributed by atoms with Crippen LogP contribution in [0.1, 0.15) is 108 Å². The molecule has 1 aromatic carbocycles. The Morgan fingerprint density at radius 2 is 1.77 bits per heavy atom. The highest BCUT2D eigenvalue weighted by molar-refractivity contribution is 5.92. The van der Waals surface area contributed by atoms with E-state index in [9.17, 15) is 19.2 Å². The highest BCUT2D eigenvalue weighted by Crippen LogP contribution is 2.29. The van der Waals surface area contributed by atoms with Gasteiger partial charge in [0.1, 0.15) is 17.7 Å². The van der Waals surface area contributed by atoms with Crippen molar-refractivity contribution in [3.8, 4) is 0 Å². The molecule has 0 heterocycles. The Bertz CT molecular complexity index is 998. The smallest absolute Gasteiger partial charge is 0.408 e. The minimum absolute atomic E-state index is 0.000200. The van der Waals surface area contributed by atoms with Crippen LogP contribution in [0, 0.1) is 13.8 Å². The molecule has 1 fully saturated rings. The SMILES string of the molecule is CCCCN(C(=O)C(CCC(N)=O)NC(=O)OC(C)(C)C)C(C(=O)NC1CCCCC1)c1cc(C)ccc1C. The van der Waals surface area contributed by atoms with Crippen molar-refractivity contribution in [2.45, 2.75) is 123 Å². The van der Waals surface area contributed by atoms with Gasteiger partial charge in [-0.25, -0.2) is 4.79 Å². The molecule has 9 nitrogen and oxygen atoms in total. The lowest BCUT2D eigenvalue weighted by molar-refractivity contribution is -0.143. The van der Waals surface area contributed by atoms with Crippen LogP contribution >= 0.6 is 0 Å². The van der Waals surface area contributed by atoms with E-state index in [4.69, 9.17) is 10.5 Å². The Balaban J connectivity index is 2.51. The lowest BCUT2D eigenvalue weighted by Gasteiger charge is -2.36. The highest BCUT2D eigenvalue weighted by Gasteiger charge is 2.37. The third-order valence-corrected chi connectivity index (χ3v) is 6.95. The molecule has 0 bridgehead atoms. The first-order chi connectivity index (χ1) is 18.3. The zero-order valence-electron chi connectivity index (χ0n) is 24.6. The number of carbonyl (C=O) groups is 4. The summed E-state index contributed by atoms with van der Waals surface area (Å²) in [5.41, 5.74) is 7.25. The number of unbranched alkanes of at least 4 members (excludes halogenated alkanes) is 1. The van der Waals surface area contributed by atoms with E-state index in [1.807, 2.05) is 39.0 Å². The van der Waals surface area contributed by atoms with E-state index >= 15 is 0 Å². The number of aryl methyl sites for hydroxylation is 2. The van der Waals surface area contributed by atoms with E-state index in [1.165, 1.54) is 0 Å². The van der Waals surface area contributed by atoms with Gasteiger partial charge in [0.05, 0.1) is 0 Å². The summed E-state index contributed by atoms with van der Waals surface area (Å²) in [5, 5.41) is 5.86. The van der Waals surface area contributed by atoms with Crippen LogP contribution in [0.4, 0.5) is 4.79 Å². The summed E-state index contributed by atoms with van der Waals surface area (Å²) in [6, 6.07) is 3.98. The molecule has 0 aromatic heterocycles. The van der Waals surface area contributed by atoms with Crippen LogP contribution in [0.25, 0.3) is 0 Å². The van der Waals surface area contributed by atoms with Crippen LogP contribution in [0.5, 0.6) is 0 Å². The van der Waals surface area contributed by atoms with Crippen LogP contribution in [0.2, 0.25) is 0 Å². The Hall–Kier alpha value is -3.10. The van der Waals surface area contributed by atoms with E-state index in [1.54, 1.807) is 25.7 Å². The molecule has 2 rings (SSSR count). The van der Waals surface area contributed by atoms with Crippen molar-refractivity contribution in [2.24, 2.45) is 5.73 Å². The van der Waals surface area contributed by atoms with Crippen molar-refractivity contribution < 1.29 is 23.9 Å². The second-order valence-corrected chi connectivity index (χ2v) is 11.7. The number of amides is 4. The summed E-state index contributed by atoms with van der Waals surface area (Å²) < 4.78 is 5.40. The first-order valence-corrected chi connectivity index (χ1v) is 14.3. The molecule has 0 saturated heterocycles. The number of nitrogens with one attached hydrogen (secondary N) is 2. The summed E-state index contributed by atoms with van der Waals surface area (Å²) in [5.74, 6) is -1.26. The van der Waals surface area contributed by atoms with Gasteiger partial charge in [-0.3, -0.25) is 14.4 Å². The summed E-state index contributed by atoms with van der Waals surface area (Å²) >= 11 is 0. The van der Waals surface area contributed by atoms with E-state index in [-0.39, 0.29) is 24.8 Å². The molecule has 1 aliphatic rings. The maximum atomic E-state index is 14.2. The van der Waals surface area contributed by atoms with Gasteiger partial charge in [0.2, 0.25) is 17.7 Å². The van der Waals surface area contributed by atoms with Crippen LogP contribution in [0.3, 0.4) is 0 Å². The minimum Gasteiger partial charge on any atom is -0.444 e. The van der Waals surface area contributed by atoms with Crippen LogP contribution < -0.4 is 16.4 Å². The van der Waals surface area contributed by atoms with Gasteiger partial charge < -0.3 is 26.0 Å². The molecule has 2 unspecified atom stereocenters. The van der Waals surface area contributed by atoms with Crippen molar-refractivity contribution in [1.82, 2.24) is 15.5 Å². The molecule has 0 aliphatic heterocycles. The van der Waals surface area contributed by atoms with Gasteiger partial charge in [0.25, 0.3) is 0 Å². The van der Waals surface area contributed by atoms with Crippen LogP contribution in [-0.2, 0) is 19.1 Å². The second-order valence-electron chi connectivity index (χ2n) is 11.7. The van der Waals surface area contributed by atoms with Crippen LogP contribution in [0.15, 0.2) is 18.2 Å². The predicted molar refractivity (Wildman–Crippen MR) is 152 cm³/mol. The van der Waals surface area contributed by atoms with E-state index in [0.717, 1.165) is 55.2 Å². The number of benzene rings is 1. The van der Waals surface area contributed by atoms with Gasteiger partial charge in [0.15, 0.2) is 0 Å². The third kappa shape index (κ3) is 10.5. The highest BCUT2D eigenvalue weighted by atomic mass is 16.6. The van der Waals surface area contributed by atoms with Gasteiger partial charge in [0, 0.05) is 19.0 Å². The number of hydrogen-bond donors (Lipinski definition) is 3. The number of hydrogen-bond acceptors (Lipinski definition) is 5. The molecule has 39 heavy (non-hydrogen) atoms. The fourth-order valence-corrected chi connectivity index (χ4v) is 4.92. The number of carbonyl (C=O) groups excluding carboxylic acids is 4. The largest absolute Gasteiger partial charge is 0.444 e. The number of primary amides is 1. The normalized spacial score (nSPS) is 15.6. The average Bonchev–Trinajstić information content (AvgIpc) is 2.85. The van der Waals surface area contributed by atoms with Gasteiger partial charge >= 0.3 is 6.09 Å². The zero-order chi connectivity index (χ0) is 29.2. The Morgan fingerprint density at radius 1 is 1.10 bits per heavy atom. The Kier molecular flexibility index (Phi) is 12.3. The minimum atomic E-state index is -1.08. The molecule has 1 saturated carbocycles. The Labute approximate surface area is 233 Å². The topological polar surface area (TPSA) is 131 Å². The summed E-state index contributed by atoms with van der Waals surface area (Å²) in [6.45, 7) is 11.4. The number of nitrogens with two attached hydrogens (primary N) is 1. The van der Waals surface area contributed by atoms with Crippen molar-refractivity contribution >= 4 is 23.8 Å². The number of alkyl carbamates (subject to hydrolysis) is 1. The first-order valence-electron chi connectivity index (χ1n) is 14.3. The van der Waals surface area contributed by atoms with Gasteiger partial charge in [-0.1, -0.05) is 56.4 Å². The zero-order valence-corrected chi connectivity index (χ0v) is 24.6. The predicted octanol–water partition coefficient (Wildman–Crippen LogP) is 4.58. The van der Waals surface area contributed by atoms with Crippen molar-refractivity contribution in [3.05, 3.63) is 34.9 Å². The van der Waals surface area contributed by atoms with Crippen LogP contribution in [-0.4, -0.2) is 52.9 Å². The third-order valence-electron chi connectivity index (χ3n) is 6.95. The quantitative estimate of drug-likeness (QED) is 0.354. The summed E-state index contributed by atoms with van der Waals surface area (Å²) in [7, 11) is 0. The maximum Gasteiger partial charge on any atom is 0.408 e. The van der Waals surface area contributed by atoms with Gasteiger partial charge in [-0.15, -0.1) is 0 Å². The van der Waals surface area contributed by atoms with Gasteiger partial charge in [-0.05, 0) is 71.4 Å². The first kappa shape index (κ1) is 32.1. The second kappa shape index (κ2) is 14.9. The summed E-state index contributed by atoms with van der Waals surface area (Å²) in [4.78, 5) is 54.1. The average molecular weight is 545 g/mol. The van der Waals surface area contributed by atoms with Crippen molar-refractivity contribution in [1.29, 1.82) is 0 Å². The fraction of sp³-hybridized carbons (Fsp3) is 0.667. The molecular weight excluding hydrogens is 496 g/mol. The van der Waals surface area contributed by atoms with E-state index < -0.39 is 35.6 Å². The lowest BCUT2D eigenvalue weighted by atomic mass is 9.93. The number of ether oxygens (including phenoxy) is 1. The molecule has 4 amide bonds. The molecule has 0 radical (unpaired) electrons.